The fraction of sp³-hybridized carbons (Fsp3) is 0.857. The first-order chi connectivity index (χ1) is 5.49. The molecule has 0 radical (unpaired) electrons. The van der Waals surface area contributed by atoms with Crippen molar-refractivity contribution in [3.05, 3.63) is 0 Å². The van der Waals surface area contributed by atoms with Crippen LogP contribution in [0.15, 0.2) is 0 Å². The van der Waals surface area contributed by atoms with Crippen LogP contribution in [0.5, 0.6) is 0 Å². The van der Waals surface area contributed by atoms with Crippen molar-refractivity contribution in [2.45, 2.75) is 30.7 Å². The quantitative estimate of drug-likeness (QED) is 0.635. The fourth-order valence-electron chi connectivity index (χ4n) is 1.33. The third-order valence-electron chi connectivity index (χ3n) is 2.18. The molecule has 12 heavy (non-hydrogen) atoms. The highest BCUT2D eigenvalue weighted by Crippen LogP contribution is 2.38. The minimum atomic E-state index is -2.20. The van der Waals surface area contributed by atoms with Crippen LogP contribution in [0.1, 0.15) is 12.8 Å². The molecule has 2 N–H and O–H groups in total. The van der Waals surface area contributed by atoms with Crippen molar-refractivity contribution in [1.82, 2.24) is 0 Å². The molecule has 1 unspecified atom stereocenters. The Morgan fingerprint density at radius 3 is 2.58 bits per heavy atom. The Morgan fingerprint density at radius 2 is 2.25 bits per heavy atom. The maximum absolute atomic E-state index is 12.8. The number of hydrogen-bond donors (Lipinski definition) is 2. The van der Waals surface area contributed by atoms with Crippen molar-refractivity contribution in [3.8, 4) is 0 Å². The lowest BCUT2D eigenvalue weighted by molar-refractivity contribution is -0.184. The molecule has 1 aliphatic rings. The molecule has 1 fully saturated rings. The second kappa shape index (κ2) is 2.99. The number of carbonyl (C=O) groups is 1. The number of hydrogen-bond acceptors (Lipinski definition) is 3. The van der Waals surface area contributed by atoms with Gasteiger partial charge in [-0.2, -0.15) is 0 Å². The zero-order valence-electron chi connectivity index (χ0n) is 6.66. The highest BCUT2D eigenvalue weighted by atomic mass is 19.1. The molecule has 1 atom stereocenters. The van der Waals surface area contributed by atoms with E-state index in [4.69, 9.17) is 9.84 Å². The van der Waals surface area contributed by atoms with Gasteiger partial charge >= 0.3 is 5.97 Å². The van der Waals surface area contributed by atoms with Crippen molar-refractivity contribution in [2.24, 2.45) is 0 Å². The van der Waals surface area contributed by atoms with Crippen LogP contribution >= 0.6 is 0 Å². The Balaban J connectivity index is 2.48. The van der Waals surface area contributed by atoms with Crippen molar-refractivity contribution < 1.29 is 24.1 Å². The number of carboxylic acid groups (broad SMARTS) is 1. The van der Waals surface area contributed by atoms with Gasteiger partial charge in [0.05, 0.1) is 6.10 Å². The van der Waals surface area contributed by atoms with E-state index in [1.54, 1.807) is 0 Å². The molecule has 1 aliphatic carbocycles. The maximum atomic E-state index is 12.8. The molecule has 1 saturated carbocycles. The maximum Gasteiger partial charge on any atom is 0.341 e. The minimum absolute atomic E-state index is 0.0525. The molecule has 0 spiro atoms. The Bertz CT molecular complexity index is 188. The number of carboxylic acids is 1. The van der Waals surface area contributed by atoms with Crippen LogP contribution in [-0.4, -0.2) is 41.2 Å². The number of alkyl halides is 1. The van der Waals surface area contributed by atoms with Crippen LogP contribution < -0.4 is 0 Å². The van der Waals surface area contributed by atoms with E-state index >= 15 is 0 Å². The van der Waals surface area contributed by atoms with Gasteiger partial charge in [0, 0.05) is 20.0 Å². The Kier molecular flexibility index (Phi) is 2.34. The predicted octanol–water partition coefficient (Wildman–Crippen LogP) is -0.0510. The summed E-state index contributed by atoms with van der Waals surface area (Å²) in [6.45, 7) is 0. The second-order valence-corrected chi connectivity index (χ2v) is 3.07. The SMILES string of the molecule is COC1CC(O)(C(F)C(=O)O)C1. The highest BCUT2D eigenvalue weighted by molar-refractivity contribution is 5.74. The van der Waals surface area contributed by atoms with E-state index in [0.717, 1.165) is 0 Å². The zero-order valence-corrected chi connectivity index (χ0v) is 6.66. The Labute approximate surface area is 69.0 Å². The van der Waals surface area contributed by atoms with Crippen LogP contribution in [0.2, 0.25) is 0 Å². The van der Waals surface area contributed by atoms with E-state index in [2.05, 4.69) is 0 Å². The van der Waals surface area contributed by atoms with Gasteiger partial charge in [0.25, 0.3) is 0 Å². The molecule has 0 aromatic rings. The van der Waals surface area contributed by atoms with E-state index in [-0.39, 0.29) is 18.9 Å². The number of rotatable bonds is 3. The summed E-state index contributed by atoms with van der Waals surface area (Å²) in [7, 11) is 1.44. The lowest BCUT2D eigenvalue weighted by Crippen LogP contribution is -2.56. The summed E-state index contributed by atoms with van der Waals surface area (Å²) in [5, 5.41) is 17.6. The molecular weight excluding hydrogens is 167 g/mol. The van der Waals surface area contributed by atoms with Gasteiger partial charge in [-0.15, -0.1) is 0 Å². The van der Waals surface area contributed by atoms with Crippen molar-refractivity contribution in [3.63, 3.8) is 0 Å². The first kappa shape index (κ1) is 9.41. The largest absolute Gasteiger partial charge is 0.479 e. The standard InChI is InChI=1S/C7H11FO4/c1-12-4-2-7(11,3-4)5(8)6(9)10/h4-5,11H,2-3H2,1H3,(H,9,10). The highest BCUT2D eigenvalue weighted by Gasteiger charge is 2.52. The molecule has 70 valence electrons. The van der Waals surface area contributed by atoms with E-state index < -0.39 is 17.7 Å². The van der Waals surface area contributed by atoms with Gasteiger partial charge in [-0.3, -0.25) is 0 Å². The fourth-order valence-corrected chi connectivity index (χ4v) is 1.33. The summed E-state index contributed by atoms with van der Waals surface area (Å²) in [4.78, 5) is 10.2. The number of halogens is 1. The molecule has 0 bridgehead atoms. The molecule has 5 heteroatoms. The molecule has 0 aliphatic heterocycles. The predicted molar refractivity (Wildman–Crippen MR) is 37.5 cm³/mol. The van der Waals surface area contributed by atoms with E-state index in [1.807, 2.05) is 0 Å². The first-order valence-electron chi connectivity index (χ1n) is 3.61. The normalized spacial score (nSPS) is 37.1. The average molecular weight is 178 g/mol. The molecular formula is C7H11FO4. The van der Waals surface area contributed by atoms with Crippen LogP contribution in [0.3, 0.4) is 0 Å². The van der Waals surface area contributed by atoms with Crippen LogP contribution in [0, 0.1) is 0 Å². The van der Waals surface area contributed by atoms with Gasteiger partial charge in [-0.05, 0) is 0 Å². The van der Waals surface area contributed by atoms with E-state index in [0.29, 0.717) is 0 Å². The van der Waals surface area contributed by atoms with Crippen LogP contribution in [0.25, 0.3) is 0 Å². The topological polar surface area (TPSA) is 66.8 Å². The Hall–Kier alpha value is -0.680. The molecule has 0 saturated heterocycles. The summed E-state index contributed by atoms with van der Waals surface area (Å²) in [5.74, 6) is -1.62. The van der Waals surface area contributed by atoms with Crippen molar-refractivity contribution >= 4 is 5.97 Å². The first-order valence-corrected chi connectivity index (χ1v) is 3.61. The van der Waals surface area contributed by atoms with Crippen LogP contribution in [0.4, 0.5) is 4.39 Å². The lowest BCUT2D eigenvalue weighted by Gasteiger charge is -2.43. The zero-order chi connectivity index (χ0) is 9.35. The molecule has 1 rings (SSSR count). The number of ether oxygens (including phenoxy) is 1. The van der Waals surface area contributed by atoms with Gasteiger partial charge in [0.15, 0.2) is 0 Å². The smallest absolute Gasteiger partial charge is 0.341 e. The average Bonchev–Trinajstić information content (AvgIpc) is 1.96. The van der Waals surface area contributed by atoms with Gasteiger partial charge < -0.3 is 14.9 Å². The molecule has 0 aromatic carbocycles. The summed E-state index contributed by atoms with van der Waals surface area (Å²) in [6, 6.07) is 0. The molecule has 4 nitrogen and oxygen atoms in total. The summed E-state index contributed by atoms with van der Waals surface area (Å²) >= 11 is 0. The number of methoxy groups -OCH3 is 1. The minimum Gasteiger partial charge on any atom is -0.479 e. The van der Waals surface area contributed by atoms with Crippen molar-refractivity contribution in [2.75, 3.05) is 7.11 Å². The molecule has 0 amide bonds. The van der Waals surface area contributed by atoms with Gasteiger partial charge in [-0.1, -0.05) is 0 Å². The third-order valence-corrected chi connectivity index (χ3v) is 2.18. The summed E-state index contributed by atoms with van der Waals surface area (Å²) in [5.41, 5.74) is -1.72. The summed E-state index contributed by atoms with van der Waals surface area (Å²) in [6.07, 6.45) is -2.31. The second-order valence-electron chi connectivity index (χ2n) is 3.07. The van der Waals surface area contributed by atoms with Crippen molar-refractivity contribution in [1.29, 1.82) is 0 Å². The van der Waals surface area contributed by atoms with Gasteiger partial charge in [-0.25, -0.2) is 9.18 Å². The number of aliphatic carboxylic acids is 1. The van der Waals surface area contributed by atoms with Crippen LogP contribution in [-0.2, 0) is 9.53 Å². The number of aliphatic hydroxyl groups is 1. The van der Waals surface area contributed by atoms with E-state index in [1.165, 1.54) is 7.11 Å². The lowest BCUT2D eigenvalue weighted by atomic mass is 9.74. The van der Waals surface area contributed by atoms with E-state index in [9.17, 15) is 14.3 Å². The third kappa shape index (κ3) is 1.42. The monoisotopic (exact) mass is 178 g/mol. The van der Waals surface area contributed by atoms with Gasteiger partial charge in [0.2, 0.25) is 6.17 Å². The molecule has 0 heterocycles. The Morgan fingerprint density at radius 1 is 1.75 bits per heavy atom. The van der Waals surface area contributed by atoms with Gasteiger partial charge in [0.1, 0.15) is 5.60 Å². The summed E-state index contributed by atoms with van der Waals surface area (Å²) < 4.78 is 17.6. The molecule has 0 aromatic heterocycles.